The van der Waals surface area contributed by atoms with E-state index in [0.29, 0.717) is 33.0 Å². The number of aryl methyl sites for hydroxylation is 1. The van der Waals surface area contributed by atoms with Crippen LogP contribution in [-0.4, -0.2) is 25.5 Å². The van der Waals surface area contributed by atoms with Gasteiger partial charge in [0.2, 0.25) is 0 Å². The number of benzene rings is 3. The molecule has 0 atom stereocenters. The number of unbranched alkanes of at least 4 members (excludes halogenated alkanes) is 2. The predicted molar refractivity (Wildman–Crippen MR) is 120 cm³/mol. The summed E-state index contributed by atoms with van der Waals surface area (Å²) in [6, 6.07) is 13.2. The first-order valence-electron chi connectivity index (χ1n) is 10.8. The van der Waals surface area contributed by atoms with E-state index in [0.717, 1.165) is 31.2 Å². The summed E-state index contributed by atoms with van der Waals surface area (Å²) in [5, 5.41) is 2.62. The molecule has 0 aromatic heterocycles. The third-order valence-corrected chi connectivity index (χ3v) is 4.95. The molecule has 6 nitrogen and oxygen atoms in total. The Balaban J connectivity index is 2.22. The Hall–Kier alpha value is -3.28. The van der Waals surface area contributed by atoms with Gasteiger partial charge in [-0.15, -0.1) is 0 Å². The summed E-state index contributed by atoms with van der Waals surface area (Å²) in [6.45, 7) is 6.02. The van der Waals surface area contributed by atoms with Crippen LogP contribution in [0.1, 0.15) is 45.6 Å². The van der Waals surface area contributed by atoms with Crippen LogP contribution >= 0.6 is 0 Å². The molecular weight excluding hydrogens is 396 g/mol. The molecule has 0 saturated heterocycles. The molecule has 6 heteroatoms. The van der Waals surface area contributed by atoms with Crippen LogP contribution in [0.25, 0.3) is 21.5 Å². The summed E-state index contributed by atoms with van der Waals surface area (Å²) in [7, 11) is 0. The number of carbonyl (C=O) groups is 2. The smallest absolute Gasteiger partial charge is 0.434 e. The third-order valence-electron chi connectivity index (χ3n) is 4.95. The highest BCUT2D eigenvalue weighted by molar-refractivity contribution is 6.12. The zero-order valence-electron chi connectivity index (χ0n) is 18.2. The van der Waals surface area contributed by atoms with Crippen LogP contribution < -0.4 is 9.47 Å². The lowest BCUT2D eigenvalue weighted by atomic mass is 9.97. The number of rotatable bonds is 8. The van der Waals surface area contributed by atoms with Gasteiger partial charge in [0.15, 0.2) is 0 Å². The molecule has 0 amide bonds. The average Bonchev–Trinajstić information content (AvgIpc) is 2.76. The van der Waals surface area contributed by atoms with Crippen LogP contribution in [0.2, 0.25) is 0 Å². The predicted octanol–water partition coefficient (Wildman–Crippen LogP) is 6.80. The standard InChI is InChI=1S/C25H28O6/c1-4-7-8-11-17-14-15-20-21(16-17)23(31-25(27)29-6-3)19-13-10-9-12-18(19)22(20)30-24(26)28-5-2/h9-10,12-16H,4-8,11H2,1-3H3. The number of carbonyl (C=O) groups excluding carboxylic acids is 2. The van der Waals surface area contributed by atoms with Gasteiger partial charge in [0, 0.05) is 21.5 Å². The van der Waals surface area contributed by atoms with Crippen molar-refractivity contribution in [1.29, 1.82) is 0 Å². The molecule has 3 aromatic carbocycles. The molecule has 31 heavy (non-hydrogen) atoms. The normalized spacial score (nSPS) is 10.8. The SMILES string of the molecule is CCCCCc1ccc2c(OC(=O)OCC)c3ccccc3c(OC(=O)OCC)c2c1. The van der Waals surface area contributed by atoms with Crippen molar-refractivity contribution >= 4 is 33.9 Å². The second-order valence-corrected chi connectivity index (χ2v) is 7.11. The Bertz CT molecular complexity index is 1070. The molecule has 0 bridgehead atoms. The van der Waals surface area contributed by atoms with Crippen molar-refractivity contribution in [2.24, 2.45) is 0 Å². The second-order valence-electron chi connectivity index (χ2n) is 7.11. The molecule has 164 valence electrons. The van der Waals surface area contributed by atoms with Crippen molar-refractivity contribution in [1.82, 2.24) is 0 Å². The Morgan fingerprint density at radius 3 is 1.81 bits per heavy atom. The molecule has 0 saturated carbocycles. The highest BCUT2D eigenvalue weighted by Gasteiger charge is 2.21. The second kappa shape index (κ2) is 10.7. The molecule has 0 N–H and O–H groups in total. The van der Waals surface area contributed by atoms with E-state index in [9.17, 15) is 9.59 Å². The fraction of sp³-hybridized carbons (Fsp3) is 0.360. The molecule has 0 unspecified atom stereocenters. The maximum Gasteiger partial charge on any atom is 0.513 e. The van der Waals surface area contributed by atoms with Crippen LogP contribution in [0.3, 0.4) is 0 Å². The van der Waals surface area contributed by atoms with Crippen LogP contribution in [0.5, 0.6) is 11.5 Å². The summed E-state index contributed by atoms with van der Waals surface area (Å²) < 4.78 is 21.2. The van der Waals surface area contributed by atoms with Crippen LogP contribution in [-0.2, 0) is 15.9 Å². The molecule has 0 spiro atoms. The van der Waals surface area contributed by atoms with Gasteiger partial charge in [-0.2, -0.15) is 0 Å². The minimum atomic E-state index is -0.778. The van der Waals surface area contributed by atoms with Crippen molar-refractivity contribution in [2.45, 2.75) is 46.5 Å². The Labute approximate surface area is 182 Å². The summed E-state index contributed by atoms with van der Waals surface area (Å²) in [6.07, 6.45) is 2.69. The lowest BCUT2D eigenvalue weighted by molar-refractivity contribution is 0.103. The molecule has 3 rings (SSSR count). The maximum atomic E-state index is 12.2. The summed E-state index contributed by atoms with van der Waals surface area (Å²) in [5.74, 6) is 0.762. The van der Waals surface area contributed by atoms with E-state index in [-0.39, 0.29) is 13.2 Å². The lowest BCUT2D eigenvalue weighted by Crippen LogP contribution is -2.12. The maximum absolute atomic E-state index is 12.2. The first-order valence-corrected chi connectivity index (χ1v) is 10.8. The van der Waals surface area contributed by atoms with E-state index >= 15 is 0 Å². The van der Waals surface area contributed by atoms with Gasteiger partial charge in [0.25, 0.3) is 0 Å². The monoisotopic (exact) mass is 424 g/mol. The Morgan fingerprint density at radius 2 is 1.26 bits per heavy atom. The van der Waals surface area contributed by atoms with Gasteiger partial charge >= 0.3 is 12.3 Å². The van der Waals surface area contributed by atoms with Gasteiger partial charge in [-0.05, 0) is 38.3 Å². The summed E-state index contributed by atoms with van der Waals surface area (Å²) in [4.78, 5) is 24.3. The van der Waals surface area contributed by atoms with Crippen LogP contribution in [0.4, 0.5) is 9.59 Å². The fourth-order valence-corrected chi connectivity index (χ4v) is 3.56. The lowest BCUT2D eigenvalue weighted by Gasteiger charge is -2.17. The minimum Gasteiger partial charge on any atom is -0.434 e. The number of ether oxygens (including phenoxy) is 4. The van der Waals surface area contributed by atoms with E-state index in [1.165, 1.54) is 0 Å². The highest BCUT2D eigenvalue weighted by atomic mass is 16.7. The van der Waals surface area contributed by atoms with Crippen LogP contribution in [0.15, 0.2) is 42.5 Å². The summed E-state index contributed by atoms with van der Waals surface area (Å²) >= 11 is 0. The first-order chi connectivity index (χ1) is 15.1. The zero-order valence-corrected chi connectivity index (χ0v) is 18.2. The molecule has 0 fully saturated rings. The highest BCUT2D eigenvalue weighted by Crippen LogP contribution is 2.43. The van der Waals surface area contributed by atoms with E-state index in [4.69, 9.17) is 18.9 Å². The van der Waals surface area contributed by atoms with E-state index < -0.39 is 12.3 Å². The third kappa shape index (κ3) is 5.26. The topological polar surface area (TPSA) is 71.1 Å². The van der Waals surface area contributed by atoms with Crippen molar-refractivity contribution in [3.05, 3.63) is 48.0 Å². The van der Waals surface area contributed by atoms with Crippen molar-refractivity contribution in [3.8, 4) is 11.5 Å². The van der Waals surface area contributed by atoms with E-state index in [2.05, 4.69) is 6.92 Å². The molecule has 0 heterocycles. The first kappa shape index (κ1) is 22.4. The van der Waals surface area contributed by atoms with Crippen molar-refractivity contribution in [2.75, 3.05) is 13.2 Å². The number of hydrogen-bond acceptors (Lipinski definition) is 6. The molecule has 0 aliphatic rings. The van der Waals surface area contributed by atoms with E-state index in [1.807, 2.05) is 42.5 Å². The van der Waals surface area contributed by atoms with Gasteiger partial charge in [-0.25, -0.2) is 9.59 Å². The quantitative estimate of drug-likeness (QED) is 0.171. The molecule has 0 radical (unpaired) electrons. The number of fused-ring (bicyclic) bond motifs is 2. The number of hydrogen-bond donors (Lipinski definition) is 0. The van der Waals surface area contributed by atoms with Gasteiger partial charge in [0.05, 0.1) is 13.2 Å². The largest absolute Gasteiger partial charge is 0.513 e. The minimum absolute atomic E-state index is 0.209. The summed E-state index contributed by atoms with van der Waals surface area (Å²) in [5.41, 5.74) is 1.12. The molecule has 3 aromatic rings. The van der Waals surface area contributed by atoms with Gasteiger partial charge < -0.3 is 18.9 Å². The van der Waals surface area contributed by atoms with Crippen molar-refractivity contribution < 1.29 is 28.5 Å². The fourth-order valence-electron chi connectivity index (χ4n) is 3.56. The van der Waals surface area contributed by atoms with Gasteiger partial charge in [-0.3, -0.25) is 0 Å². The molecule has 0 aliphatic carbocycles. The molecular formula is C25H28O6. The average molecular weight is 424 g/mol. The van der Waals surface area contributed by atoms with E-state index in [1.54, 1.807) is 13.8 Å². The van der Waals surface area contributed by atoms with Crippen LogP contribution in [0, 0.1) is 0 Å². The van der Waals surface area contributed by atoms with Gasteiger partial charge in [0.1, 0.15) is 11.5 Å². The zero-order chi connectivity index (χ0) is 22.2. The Kier molecular flexibility index (Phi) is 7.70. The molecule has 0 aliphatic heterocycles. The van der Waals surface area contributed by atoms with Gasteiger partial charge in [-0.1, -0.05) is 56.2 Å². The van der Waals surface area contributed by atoms with Crippen molar-refractivity contribution in [3.63, 3.8) is 0 Å². The Morgan fingerprint density at radius 1 is 0.710 bits per heavy atom.